The SMILES string of the molecule is COc1ccc(OC)c2sc(N(CCN(C)C)C(=O)c3cc(C)oc3C)nc12. The van der Waals surface area contributed by atoms with Crippen molar-refractivity contribution in [1.82, 2.24) is 9.88 Å². The molecule has 0 aliphatic heterocycles. The number of carbonyl (C=O) groups excluding carboxylic acids is 1. The first-order valence-corrected chi connectivity index (χ1v) is 9.72. The van der Waals surface area contributed by atoms with Crippen LogP contribution in [0.15, 0.2) is 22.6 Å². The van der Waals surface area contributed by atoms with Crippen molar-refractivity contribution in [3.63, 3.8) is 0 Å². The number of hydrogen-bond acceptors (Lipinski definition) is 7. The normalized spacial score (nSPS) is 11.2. The van der Waals surface area contributed by atoms with Crippen molar-refractivity contribution in [2.45, 2.75) is 13.8 Å². The van der Waals surface area contributed by atoms with E-state index in [1.54, 1.807) is 32.1 Å². The molecule has 1 amide bonds. The van der Waals surface area contributed by atoms with Crippen LogP contribution in [0.2, 0.25) is 0 Å². The summed E-state index contributed by atoms with van der Waals surface area (Å²) in [6, 6.07) is 5.44. The van der Waals surface area contributed by atoms with Gasteiger partial charge in [0, 0.05) is 13.1 Å². The molecular weight excluding hydrogens is 378 g/mol. The average molecular weight is 404 g/mol. The molecule has 0 bridgehead atoms. The summed E-state index contributed by atoms with van der Waals surface area (Å²) in [4.78, 5) is 21.8. The maximum absolute atomic E-state index is 13.3. The maximum atomic E-state index is 13.3. The van der Waals surface area contributed by atoms with Gasteiger partial charge in [-0.15, -0.1) is 0 Å². The third-order valence-corrected chi connectivity index (χ3v) is 5.51. The Labute approximate surface area is 168 Å². The number of methoxy groups -OCH3 is 2. The van der Waals surface area contributed by atoms with E-state index in [0.29, 0.717) is 52.3 Å². The molecular formula is C20H25N3O4S. The number of fused-ring (bicyclic) bond motifs is 1. The lowest BCUT2D eigenvalue weighted by Gasteiger charge is -2.21. The number of anilines is 1. The zero-order chi connectivity index (χ0) is 20.4. The Morgan fingerprint density at radius 3 is 2.39 bits per heavy atom. The predicted molar refractivity (Wildman–Crippen MR) is 111 cm³/mol. The molecule has 0 saturated heterocycles. The van der Waals surface area contributed by atoms with Crippen LogP contribution in [-0.2, 0) is 0 Å². The number of likely N-dealkylation sites (N-methyl/N-ethyl adjacent to an activating group) is 1. The van der Waals surface area contributed by atoms with Gasteiger partial charge in [-0.1, -0.05) is 11.3 Å². The molecule has 0 aliphatic carbocycles. The third-order valence-electron chi connectivity index (χ3n) is 4.42. The van der Waals surface area contributed by atoms with Gasteiger partial charge in [0.25, 0.3) is 5.91 Å². The van der Waals surface area contributed by atoms with Gasteiger partial charge in [-0.3, -0.25) is 9.69 Å². The molecule has 7 nitrogen and oxygen atoms in total. The molecule has 8 heteroatoms. The number of rotatable bonds is 7. The molecule has 150 valence electrons. The zero-order valence-electron chi connectivity index (χ0n) is 17.0. The molecule has 28 heavy (non-hydrogen) atoms. The number of aromatic nitrogens is 1. The number of aryl methyl sites for hydroxylation is 2. The van der Waals surface area contributed by atoms with Crippen LogP contribution < -0.4 is 14.4 Å². The maximum Gasteiger partial charge on any atom is 0.263 e. The number of carbonyl (C=O) groups is 1. The van der Waals surface area contributed by atoms with E-state index in [-0.39, 0.29) is 5.91 Å². The number of thiazole rings is 1. The van der Waals surface area contributed by atoms with Gasteiger partial charge in [-0.25, -0.2) is 4.98 Å². The molecule has 3 aromatic rings. The van der Waals surface area contributed by atoms with Gasteiger partial charge >= 0.3 is 0 Å². The highest BCUT2D eigenvalue weighted by molar-refractivity contribution is 7.22. The van der Waals surface area contributed by atoms with E-state index in [2.05, 4.69) is 0 Å². The predicted octanol–water partition coefficient (Wildman–Crippen LogP) is 3.73. The molecule has 0 atom stereocenters. The first kappa shape index (κ1) is 20.2. The summed E-state index contributed by atoms with van der Waals surface area (Å²) in [5.41, 5.74) is 1.24. The van der Waals surface area contributed by atoms with Gasteiger partial charge in [0.2, 0.25) is 0 Å². The van der Waals surface area contributed by atoms with E-state index in [1.165, 1.54) is 11.3 Å². The minimum absolute atomic E-state index is 0.131. The molecule has 0 spiro atoms. The Bertz CT molecular complexity index is 952. The van der Waals surface area contributed by atoms with E-state index in [9.17, 15) is 4.79 Å². The lowest BCUT2D eigenvalue weighted by atomic mass is 10.2. The van der Waals surface area contributed by atoms with Gasteiger partial charge in [-0.2, -0.15) is 0 Å². The summed E-state index contributed by atoms with van der Waals surface area (Å²) < 4.78 is 17.3. The summed E-state index contributed by atoms with van der Waals surface area (Å²) in [7, 11) is 7.17. The lowest BCUT2D eigenvalue weighted by molar-refractivity contribution is 0.0983. The van der Waals surface area contributed by atoms with Crippen LogP contribution in [0.4, 0.5) is 5.13 Å². The fraction of sp³-hybridized carbons (Fsp3) is 0.400. The van der Waals surface area contributed by atoms with Crippen molar-refractivity contribution in [3.8, 4) is 11.5 Å². The van der Waals surface area contributed by atoms with Gasteiger partial charge in [0.15, 0.2) is 5.13 Å². The van der Waals surface area contributed by atoms with Gasteiger partial charge < -0.3 is 18.8 Å². The molecule has 0 unspecified atom stereocenters. The molecule has 3 rings (SSSR count). The van der Waals surface area contributed by atoms with E-state index in [0.717, 1.165) is 4.70 Å². The topological polar surface area (TPSA) is 68.0 Å². The smallest absolute Gasteiger partial charge is 0.263 e. The molecule has 1 aromatic carbocycles. The molecule has 0 fully saturated rings. The molecule has 0 aliphatic rings. The third kappa shape index (κ3) is 3.83. The van der Waals surface area contributed by atoms with Crippen LogP contribution >= 0.6 is 11.3 Å². The van der Waals surface area contributed by atoms with E-state index >= 15 is 0 Å². The van der Waals surface area contributed by atoms with Crippen LogP contribution in [0.5, 0.6) is 11.5 Å². The largest absolute Gasteiger partial charge is 0.495 e. The van der Waals surface area contributed by atoms with Crippen LogP contribution in [0, 0.1) is 13.8 Å². The van der Waals surface area contributed by atoms with Crippen molar-refractivity contribution in [2.24, 2.45) is 0 Å². The van der Waals surface area contributed by atoms with E-state index < -0.39 is 0 Å². The van der Waals surface area contributed by atoms with Gasteiger partial charge in [0.1, 0.15) is 33.2 Å². The number of ether oxygens (including phenoxy) is 2. The lowest BCUT2D eigenvalue weighted by Crippen LogP contribution is -2.36. The highest BCUT2D eigenvalue weighted by Crippen LogP contribution is 2.40. The summed E-state index contributed by atoms with van der Waals surface area (Å²) in [5.74, 6) is 2.53. The van der Waals surface area contributed by atoms with Crippen molar-refractivity contribution < 1.29 is 18.7 Å². The van der Waals surface area contributed by atoms with Gasteiger partial charge in [-0.05, 0) is 46.1 Å². The van der Waals surface area contributed by atoms with Crippen molar-refractivity contribution in [1.29, 1.82) is 0 Å². The molecule has 2 heterocycles. The Morgan fingerprint density at radius 2 is 1.82 bits per heavy atom. The minimum atomic E-state index is -0.131. The molecule has 0 N–H and O–H groups in total. The second-order valence-corrected chi connectivity index (χ2v) is 7.71. The van der Waals surface area contributed by atoms with E-state index in [1.807, 2.05) is 38.1 Å². The van der Waals surface area contributed by atoms with Crippen LogP contribution in [0.25, 0.3) is 10.2 Å². The Balaban J connectivity index is 2.09. The quantitative estimate of drug-likeness (QED) is 0.599. The summed E-state index contributed by atoms with van der Waals surface area (Å²) in [5, 5.41) is 0.600. The molecule has 0 saturated carbocycles. The standard InChI is InChI=1S/C20H25N3O4S/c1-12-11-14(13(2)27-12)19(24)23(10-9-22(3)4)20-21-17-15(25-5)7-8-16(26-6)18(17)28-20/h7-8,11H,9-10H2,1-6H3. The average Bonchev–Trinajstić information content (AvgIpc) is 3.23. The van der Waals surface area contributed by atoms with Gasteiger partial charge in [0.05, 0.1) is 19.8 Å². The summed E-state index contributed by atoms with van der Waals surface area (Å²) >= 11 is 1.41. The highest BCUT2D eigenvalue weighted by atomic mass is 32.1. The second-order valence-electron chi connectivity index (χ2n) is 6.73. The highest BCUT2D eigenvalue weighted by Gasteiger charge is 2.26. The number of benzene rings is 1. The van der Waals surface area contributed by atoms with E-state index in [4.69, 9.17) is 18.9 Å². The number of amides is 1. The molecule has 2 aromatic heterocycles. The number of hydrogen-bond donors (Lipinski definition) is 0. The fourth-order valence-electron chi connectivity index (χ4n) is 2.96. The monoisotopic (exact) mass is 403 g/mol. The fourth-order valence-corrected chi connectivity index (χ4v) is 4.06. The number of nitrogens with zero attached hydrogens (tertiary/aromatic N) is 3. The Morgan fingerprint density at radius 1 is 1.14 bits per heavy atom. The van der Waals surface area contributed by atoms with Crippen molar-refractivity contribution in [2.75, 3.05) is 46.3 Å². The van der Waals surface area contributed by atoms with Crippen molar-refractivity contribution in [3.05, 3.63) is 35.3 Å². The summed E-state index contributed by atoms with van der Waals surface area (Å²) in [6.07, 6.45) is 0. The van der Waals surface area contributed by atoms with Crippen molar-refractivity contribution >= 4 is 32.6 Å². The minimum Gasteiger partial charge on any atom is -0.495 e. The Kier molecular flexibility index (Phi) is 5.90. The second kappa shape index (κ2) is 8.20. The van der Waals surface area contributed by atoms with Crippen LogP contribution in [0.1, 0.15) is 21.9 Å². The number of furan rings is 1. The van der Waals surface area contributed by atoms with Crippen LogP contribution in [-0.4, -0.2) is 57.2 Å². The zero-order valence-corrected chi connectivity index (χ0v) is 17.8. The molecule has 0 radical (unpaired) electrons. The Hall–Kier alpha value is -2.58. The van der Waals surface area contributed by atoms with Crippen LogP contribution in [0.3, 0.4) is 0 Å². The first-order chi connectivity index (χ1) is 13.3. The first-order valence-electron chi connectivity index (χ1n) is 8.90. The summed E-state index contributed by atoms with van der Waals surface area (Å²) in [6.45, 7) is 4.84.